The van der Waals surface area contributed by atoms with Gasteiger partial charge in [0.05, 0.1) is 0 Å². The van der Waals surface area contributed by atoms with E-state index in [4.69, 9.17) is 0 Å². The molecule has 2 aromatic carbocycles. The molecule has 0 saturated carbocycles. The average molecular weight is 382 g/mol. The normalized spacial score (nSPS) is 12.8. The molecule has 5 rings (SSSR count). The van der Waals surface area contributed by atoms with E-state index in [-0.39, 0.29) is 5.91 Å². The SMILES string of the molecule is O=C(c1ccc(-c2ccsc2)cc1)N1CCc2cc(-c3ccncc3)ccc21. The van der Waals surface area contributed by atoms with E-state index in [1.807, 2.05) is 41.3 Å². The van der Waals surface area contributed by atoms with Gasteiger partial charge >= 0.3 is 0 Å². The first kappa shape index (κ1) is 16.9. The van der Waals surface area contributed by atoms with Gasteiger partial charge in [-0.25, -0.2) is 0 Å². The van der Waals surface area contributed by atoms with Gasteiger partial charge in [-0.2, -0.15) is 11.3 Å². The molecule has 1 aliphatic rings. The van der Waals surface area contributed by atoms with Gasteiger partial charge in [-0.15, -0.1) is 0 Å². The van der Waals surface area contributed by atoms with Crippen LogP contribution in [0.1, 0.15) is 15.9 Å². The lowest BCUT2D eigenvalue weighted by Gasteiger charge is -2.18. The number of aromatic nitrogens is 1. The molecule has 0 aliphatic carbocycles. The molecule has 1 amide bonds. The second-order valence-electron chi connectivity index (χ2n) is 6.88. The number of hydrogen-bond donors (Lipinski definition) is 0. The van der Waals surface area contributed by atoms with Gasteiger partial charge in [0.15, 0.2) is 0 Å². The molecule has 28 heavy (non-hydrogen) atoms. The third-order valence-electron chi connectivity index (χ3n) is 5.22. The molecule has 0 fully saturated rings. The van der Waals surface area contributed by atoms with Crippen LogP contribution in [0.4, 0.5) is 5.69 Å². The zero-order chi connectivity index (χ0) is 18.9. The highest BCUT2D eigenvalue weighted by Gasteiger charge is 2.25. The predicted octanol–water partition coefficient (Wildman–Crippen LogP) is 5.68. The summed E-state index contributed by atoms with van der Waals surface area (Å²) < 4.78 is 0. The predicted molar refractivity (Wildman–Crippen MR) is 115 cm³/mol. The second kappa shape index (κ2) is 7.06. The Balaban J connectivity index is 1.40. The van der Waals surface area contributed by atoms with Crippen LogP contribution in [0.15, 0.2) is 83.8 Å². The third-order valence-corrected chi connectivity index (χ3v) is 5.90. The molecule has 1 aliphatic heterocycles. The van der Waals surface area contributed by atoms with Gasteiger partial charge in [0.25, 0.3) is 5.91 Å². The lowest BCUT2D eigenvalue weighted by molar-refractivity contribution is 0.0989. The number of rotatable bonds is 3. The fraction of sp³-hybridized carbons (Fsp3) is 0.0833. The number of carbonyl (C=O) groups excluding carboxylic acids is 1. The fourth-order valence-electron chi connectivity index (χ4n) is 3.73. The number of amides is 1. The molecule has 2 aromatic heterocycles. The zero-order valence-electron chi connectivity index (χ0n) is 15.2. The largest absolute Gasteiger partial charge is 0.308 e. The summed E-state index contributed by atoms with van der Waals surface area (Å²) in [6.45, 7) is 0.722. The highest BCUT2D eigenvalue weighted by molar-refractivity contribution is 7.08. The maximum atomic E-state index is 13.1. The first-order valence-electron chi connectivity index (χ1n) is 9.27. The van der Waals surface area contributed by atoms with E-state index in [1.165, 1.54) is 11.1 Å². The lowest BCUT2D eigenvalue weighted by Crippen LogP contribution is -2.28. The summed E-state index contributed by atoms with van der Waals surface area (Å²) >= 11 is 1.68. The summed E-state index contributed by atoms with van der Waals surface area (Å²) in [5.41, 5.74) is 7.61. The highest BCUT2D eigenvalue weighted by atomic mass is 32.1. The van der Waals surface area contributed by atoms with Crippen molar-refractivity contribution in [2.45, 2.75) is 6.42 Å². The van der Waals surface area contributed by atoms with Crippen LogP contribution < -0.4 is 4.90 Å². The highest BCUT2D eigenvalue weighted by Crippen LogP contribution is 2.33. The number of nitrogens with zero attached hydrogens (tertiary/aromatic N) is 2. The topological polar surface area (TPSA) is 33.2 Å². The minimum atomic E-state index is 0.0623. The molecule has 0 radical (unpaired) electrons. The molecule has 0 N–H and O–H groups in total. The van der Waals surface area contributed by atoms with Crippen LogP contribution in [-0.2, 0) is 6.42 Å². The van der Waals surface area contributed by atoms with Crippen molar-refractivity contribution >= 4 is 22.9 Å². The van der Waals surface area contributed by atoms with Crippen LogP contribution in [-0.4, -0.2) is 17.4 Å². The number of pyridine rings is 1. The number of benzene rings is 2. The molecule has 0 spiro atoms. The van der Waals surface area contributed by atoms with Gasteiger partial charge in [-0.1, -0.05) is 18.2 Å². The molecule has 136 valence electrons. The van der Waals surface area contributed by atoms with E-state index in [9.17, 15) is 4.79 Å². The van der Waals surface area contributed by atoms with Crippen molar-refractivity contribution in [2.24, 2.45) is 0 Å². The fourth-order valence-corrected chi connectivity index (χ4v) is 4.39. The Morgan fingerprint density at radius 3 is 2.36 bits per heavy atom. The Morgan fingerprint density at radius 1 is 0.857 bits per heavy atom. The summed E-state index contributed by atoms with van der Waals surface area (Å²) in [7, 11) is 0. The van der Waals surface area contributed by atoms with E-state index in [0.717, 1.165) is 40.9 Å². The van der Waals surface area contributed by atoms with Gasteiger partial charge in [0.1, 0.15) is 0 Å². The first-order chi connectivity index (χ1) is 13.8. The van der Waals surface area contributed by atoms with Gasteiger partial charge in [0, 0.05) is 30.2 Å². The maximum Gasteiger partial charge on any atom is 0.258 e. The summed E-state index contributed by atoms with van der Waals surface area (Å²) in [5.74, 6) is 0.0623. The minimum absolute atomic E-state index is 0.0623. The van der Waals surface area contributed by atoms with Crippen molar-refractivity contribution < 1.29 is 4.79 Å². The van der Waals surface area contributed by atoms with Crippen molar-refractivity contribution in [2.75, 3.05) is 11.4 Å². The summed E-state index contributed by atoms with van der Waals surface area (Å²) in [6.07, 6.45) is 4.49. The van der Waals surface area contributed by atoms with Crippen LogP contribution in [0.25, 0.3) is 22.3 Å². The summed E-state index contributed by atoms with van der Waals surface area (Å²) in [6, 6.07) is 20.4. The molecule has 0 saturated heterocycles. The Morgan fingerprint density at radius 2 is 1.61 bits per heavy atom. The van der Waals surface area contributed by atoms with Crippen molar-refractivity contribution in [1.29, 1.82) is 0 Å². The molecular formula is C24H18N2OS. The average Bonchev–Trinajstić information content (AvgIpc) is 3.44. The van der Waals surface area contributed by atoms with Gasteiger partial charge in [-0.3, -0.25) is 9.78 Å². The number of hydrogen-bond acceptors (Lipinski definition) is 3. The second-order valence-corrected chi connectivity index (χ2v) is 7.66. The van der Waals surface area contributed by atoms with Crippen LogP contribution in [0.5, 0.6) is 0 Å². The van der Waals surface area contributed by atoms with E-state index in [2.05, 4.69) is 40.0 Å². The smallest absolute Gasteiger partial charge is 0.258 e. The summed E-state index contributed by atoms with van der Waals surface area (Å²) in [5, 5.41) is 4.18. The molecule has 4 aromatic rings. The Labute approximate surface area is 167 Å². The Bertz CT molecular complexity index is 1120. The van der Waals surface area contributed by atoms with Crippen LogP contribution in [0.2, 0.25) is 0 Å². The Hall–Kier alpha value is -3.24. The van der Waals surface area contributed by atoms with Crippen molar-refractivity contribution in [3.05, 3.63) is 94.9 Å². The van der Waals surface area contributed by atoms with Crippen molar-refractivity contribution in [3.63, 3.8) is 0 Å². The molecule has 0 bridgehead atoms. The summed E-state index contributed by atoms with van der Waals surface area (Å²) in [4.78, 5) is 19.1. The van der Waals surface area contributed by atoms with Crippen molar-refractivity contribution in [3.8, 4) is 22.3 Å². The molecule has 4 heteroatoms. The third kappa shape index (κ3) is 3.02. The number of carbonyl (C=O) groups is 1. The van der Waals surface area contributed by atoms with Crippen LogP contribution >= 0.6 is 11.3 Å². The lowest BCUT2D eigenvalue weighted by atomic mass is 10.0. The molecule has 0 atom stereocenters. The van der Waals surface area contributed by atoms with E-state index >= 15 is 0 Å². The number of thiophene rings is 1. The van der Waals surface area contributed by atoms with E-state index < -0.39 is 0 Å². The number of anilines is 1. The van der Waals surface area contributed by atoms with Crippen LogP contribution in [0.3, 0.4) is 0 Å². The first-order valence-corrected chi connectivity index (χ1v) is 10.2. The van der Waals surface area contributed by atoms with E-state index in [0.29, 0.717) is 0 Å². The van der Waals surface area contributed by atoms with Gasteiger partial charge < -0.3 is 4.90 Å². The van der Waals surface area contributed by atoms with Crippen LogP contribution in [0, 0.1) is 0 Å². The molecule has 0 unspecified atom stereocenters. The van der Waals surface area contributed by atoms with Gasteiger partial charge in [-0.05, 0) is 87.5 Å². The zero-order valence-corrected chi connectivity index (χ0v) is 16.0. The monoisotopic (exact) mass is 382 g/mol. The Kier molecular flexibility index (Phi) is 4.26. The standard InChI is InChI=1S/C24H18N2OS/c27-24(19-3-1-17(2-4-19)22-10-14-28-16-22)26-13-9-21-15-20(5-6-23(21)26)18-7-11-25-12-8-18/h1-8,10-12,14-16H,9,13H2. The number of fused-ring (bicyclic) bond motifs is 1. The molecule has 3 heterocycles. The molecule has 3 nitrogen and oxygen atoms in total. The maximum absolute atomic E-state index is 13.1. The van der Waals surface area contributed by atoms with Crippen molar-refractivity contribution in [1.82, 2.24) is 4.98 Å². The van der Waals surface area contributed by atoms with E-state index in [1.54, 1.807) is 23.7 Å². The van der Waals surface area contributed by atoms with Gasteiger partial charge in [0.2, 0.25) is 0 Å². The quantitative estimate of drug-likeness (QED) is 0.457. The molecular weight excluding hydrogens is 364 g/mol. The minimum Gasteiger partial charge on any atom is -0.308 e.